The molecule has 2 aromatic heterocycles. The largest absolute Gasteiger partial charge is 0.386 e. The summed E-state index contributed by atoms with van der Waals surface area (Å²) in [5.41, 5.74) is 10.2. The fourth-order valence-corrected chi connectivity index (χ4v) is 6.26. The fourth-order valence-electron chi connectivity index (χ4n) is 5.88. The van der Waals surface area contributed by atoms with Crippen molar-refractivity contribution in [2.24, 2.45) is 16.6 Å². The zero-order chi connectivity index (χ0) is 24.5. The number of rotatable bonds is 4. The van der Waals surface area contributed by atoms with E-state index in [2.05, 4.69) is 37.7 Å². The molecule has 6 rings (SSSR count). The van der Waals surface area contributed by atoms with E-state index in [0.29, 0.717) is 23.3 Å². The number of ether oxygens (including phenoxy) is 2. The molecule has 1 unspecified atom stereocenters. The highest BCUT2D eigenvalue weighted by Gasteiger charge is 2.54. The smallest absolute Gasteiger partial charge is 0.163 e. The van der Waals surface area contributed by atoms with Crippen LogP contribution in [-0.2, 0) is 22.3 Å². The lowest BCUT2D eigenvalue weighted by molar-refractivity contribution is -0.160. The van der Waals surface area contributed by atoms with Gasteiger partial charge in [0.15, 0.2) is 5.79 Å². The Morgan fingerprint density at radius 2 is 1.94 bits per heavy atom. The van der Waals surface area contributed by atoms with E-state index in [1.165, 1.54) is 11.9 Å². The summed E-state index contributed by atoms with van der Waals surface area (Å²) in [6, 6.07) is 8.55. The van der Waals surface area contributed by atoms with Crippen LogP contribution in [0.5, 0.6) is 0 Å². The van der Waals surface area contributed by atoms with Gasteiger partial charge in [0, 0.05) is 12.6 Å². The van der Waals surface area contributed by atoms with Crippen LogP contribution in [0.4, 0.5) is 5.69 Å². The number of aliphatic imine (C=N–C) groups is 1. The Balaban J connectivity index is 1.24. The number of benzene rings is 1. The van der Waals surface area contributed by atoms with Crippen LogP contribution in [0.2, 0.25) is 5.15 Å². The maximum atomic E-state index is 6.51. The zero-order valence-electron chi connectivity index (χ0n) is 20.0. The van der Waals surface area contributed by atoms with E-state index in [4.69, 9.17) is 38.4 Å². The second-order valence-electron chi connectivity index (χ2n) is 10.6. The number of fused-ring (bicyclic) bond motifs is 3. The van der Waals surface area contributed by atoms with Gasteiger partial charge in [-0.05, 0) is 69.2 Å². The Morgan fingerprint density at radius 3 is 2.77 bits per heavy atom. The van der Waals surface area contributed by atoms with Crippen LogP contribution in [-0.4, -0.2) is 43.2 Å². The molecule has 4 heterocycles. The Bertz CT molecular complexity index is 1330. The molecular weight excluding hydrogens is 485 g/mol. The third kappa shape index (κ3) is 4.02. The monoisotopic (exact) mass is 513 g/mol. The van der Waals surface area contributed by atoms with Gasteiger partial charge in [-0.15, -0.1) is 11.6 Å². The van der Waals surface area contributed by atoms with Crippen LogP contribution in [0.3, 0.4) is 0 Å². The van der Waals surface area contributed by atoms with Gasteiger partial charge in [-0.3, -0.25) is 0 Å². The number of hydrogen-bond donors (Lipinski definition) is 1. The second kappa shape index (κ2) is 8.17. The summed E-state index contributed by atoms with van der Waals surface area (Å²) < 4.78 is 15.0. The molecular formula is C26H29Cl2N5O2. The first kappa shape index (κ1) is 23.2. The van der Waals surface area contributed by atoms with E-state index >= 15 is 0 Å². The predicted octanol–water partition coefficient (Wildman–Crippen LogP) is 5.34. The second-order valence-corrected chi connectivity index (χ2v) is 11.8. The van der Waals surface area contributed by atoms with E-state index in [9.17, 15) is 0 Å². The van der Waals surface area contributed by atoms with Gasteiger partial charge in [0.2, 0.25) is 0 Å². The van der Waals surface area contributed by atoms with Gasteiger partial charge in [0.25, 0.3) is 0 Å². The van der Waals surface area contributed by atoms with Gasteiger partial charge in [-0.1, -0.05) is 23.7 Å². The van der Waals surface area contributed by atoms with Crippen LogP contribution < -0.4 is 5.73 Å². The summed E-state index contributed by atoms with van der Waals surface area (Å²) in [6.45, 7) is 5.89. The molecule has 0 radical (unpaired) electrons. The van der Waals surface area contributed by atoms with Gasteiger partial charge >= 0.3 is 0 Å². The first-order valence-corrected chi connectivity index (χ1v) is 12.8. The Hall–Kier alpha value is -2.19. The van der Waals surface area contributed by atoms with Crippen molar-refractivity contribution in [2.45, 2.75) is 75.4 Å². The van der Waals surface area contributed by atoms with Gasteiger partial charge < -0.3 is 19.8 Å². The van der Waals surface area contributed by atoms with Crippen LogP contribution >= 0.6 is 23.2 Å². The molecule has 2 N–H and O–H groups in total. The number of aromatic nitrogens is 3. The summed E-state index contributed by atoms with van der Waals surface area (Å²) in [5.74, 6) is 0.206. The lowest BCUT2D eigenvalue weighted by atomic mass is 9.91. The SMILES string of the molecule is CC1(C)O[C@@H]2[C@@H](CCc3ccc4c(c3)N=C(N)C(C)(Cl)C4)C[C@@H](n3ccc4c(Cl)ncnc43)[C@@H]2O1. The highest BCUT2D eigenvalue weighted by molar-refractivity contribution is 6.36. The standard InChI is InChI=1S/C26H29Cl2N5O2/c1-25(2)34-20-15(6-4-14-5-7-16-12-26(3,28)24(29)32-18(16)10-14)11-19(21(20)35-25)33-9-8-17-22(27)30-13-31-23(17)33/h5,7-10,13,15,19-21H,4,6,11-12H2,1-3H3,(H2,29,32)/t15-,19+,20+,21-,26?/m0/s1. The van der Waals surface area contributed by atoms with Crippen molar-refractivity contribution in [2.75, 3.05) is 0 Å². The van der Waals surface area contributed by atoms with E-state index < -0.39 is 10.7 Å². The Kier molecular flexibility index (Phi) is 5.42. The summed E-state index contributed by atoms with van der Waals surface area (Å²) in [7, 11) is 0. The molecule has 0 bridgehead atoms. The lowest BCUT2D eigenvalue weighted by Crippen LogP contribution is -2.39. The van der Waals surface area contributed by atoms with Crippen LogP contribution in [0.25, 0.3) is 11.0 Å². The first-order valence-electron chi connectivity index (χ1n) is 12.1. The van der Waals surface area contributed by atoms with E-state index in [-0.39, 0.29) is 18.2 Å². The normalized spacial score (nSPS) is 31.4. The van der Waals surface area contributed by atoms with Crippen molar-refractivity contribution in [1.82, 2.24) is 14.5 Å². The molecule has 7 nitrogen and oxygen atoms in total. The lowest BCUT2D eigenvalue weighted by Gasteiger charge is -2.27. The number of aryl methyl sites for hydroxylation is 1. The van der Waals surface area contributed by atoms with E-state index in [1.807, 2.05) is 33.0 Å². The molecule has 0 spiro atoms. The molecule has 5 atom stereocenters. The Labute approximate surface area is 214 Å². The van der Waals surface area contributed by atoms with Gasteiger partial charge in [-0.2, -0.15) is 0 Å². The molecule has 1 aromatic carbocycles. The van der Waals surface area contributed by atoms with Crippen LogP contribution in [0.15, 0.2) is 41.8 Å². The summed E-state index contributed by atoms with van der Waals surface area (Å²) in [5, 5.41) is 1.32. The predicted molar refractivity (Wildman–Crippen MR) is 138 cm³/mol. The minimum Gasteiger partial charge on any atom is -0.386 e. The maximum Gasteiger partial charge on any atom is 0.163 e. The van der Waals surface area contributed by atoms with Crippen LogP contribution in [0.1, 0.15) is 50.8 Å². The number of nitrogens with zero attached hydrogens (tertiary/aromatic N) is 4. The molecule has 184 valence electrons. The third-order valence-corrected chi connectivity index (χ3v) is 8.25. The molecule has 3 aliphatic rings. The van der Waals surface area contributed by atoms with E-state index in [0.717, 1.165) is 41.5 Å². The first-order chi connectivity index (χ1) is 16.6. The van der Waals surface area contributed by atoms with Crippen molar-refractivity contribution in [3.05, 3.63) is 53.1 Å². The quantitative estimate of drug-likeness (QED) is 0.375. The number of alkyl halides is 1. The summed E-state index contributed by atoms with van der Waals surface area (Å²) >= 11 is 12.8. The van der Waals surface area contributed by atoms with Crippen molar-refractivity contribution in [3.63, 3.8) is 0 Å². The van der Waals surface area contributed by atoms with Crippen molar-refractivity contribution in [1.29, 1.82) is 0 Å². The van der Waals surface area contributed by atoms with Crippen molar-refractivity contribution < 1.29 is 9.47 Å². The average molecular weight is 514 g/mol. The van der Waals surface area contributed by atoms with E-state index in [1.54, 1.807) is 0 Å². The molecule has 1 aliphatic carbocycles. The average Bonchev–Trinajstić information content (AvgIpc) is 3.44. The Morgan fingerprint density at radius 1 is 1.14 bits per heavy atom. The molecule has 35 heavy (non-hydrogen) atoms. The van der Waals surface area contributed by atoms with Crippen LogP contribution in [0, 0.1) is 5.92 Å². The highest BCUT2D eigenvalue weighted by Crippen LogP contribution is 2.49. The molecule has 3 aromatic rings. The number of nitrogens with two attached hydrogens (primary N) is 1. The molecule has 9 heteroatoms. The van der Waals surface area contributed by atoms with Gasteiger partial charge in [0.1, 0.15) is 33.9 Å². The van der Waals surface area contributed by atoms with Gasteiger partial charge in [0.05, 0.1) is 23.2 Å². The minimum absolute atomic E-state index is 0.0213. The number of hydrogen-bond acceptors (Lipinski definition) is 6. The number of halogens is 2. The molecule has 2 fully saturated rings. The topological polar surface area (TPSA) is 87.6 Å². The molecule has 0 amide bonds. The molecule has 2 aliphatic heterocycles. The van der Waals surface area contributed by atoms with Gasteiger partial charge in [-0.25, -0.2) is 15.0 Å². The summed E-state index contributed by atoms with van der Waals surface area (Å²) in [6.07, 6.45) is 7.06. The summed E-state index contributed by atoms with van der Waals surface area (Å²) in [4.78, 5) is 12.6. The zero-order valence-corrected chi connectivity index (χ0v) is 21.6. The maximum absolute atomic E-state index is 6.51. The highest BCUT2D eigenvalue weighted by atomic mass is 35.5. The minimum atomic E-state index is -0.618. The third-order valence-electron chi connectivity index (χ3n) is 7.62. The number of amidine groups is 1. The van der Waals surface area contributed by atoms with Crippen molar-refractivity contribution in [3.8, 4) is 0 Å². The fraction of sp³-hybridized carbons (Fsp3) is 0.500. The molecule has 1 saturated heterocycles. The van der Waals surface area contributed by atoms with Crippen molar-refractivity contribution >= 4 is 45.8 Å². The molecule has 1 saturated carbocycles.